The van der Waals surface area contributed by atoms with E-state index >= 15 is 0 Å². The van der Waals surface area contributed by atoms with Gasteiger partial charge in [0.15, 0.2) is 6.39 Å². The van der Waals surface area contributed by atoms with E-state index in [0.717, 1.165) is 39.2 Å². The Hall–Kier alpha value is -3.80. The molecule has 1 unspecified atom stereocenters. The largest absolute Gasteiger partial charge is 0.472 e. The summed E-state index contributed by atoms with van der Waals surface area (Å²) in [6.45, 7) is 3.92. The first kappa shape index (κ1) is 17.3. The SMILES string of the molecule is Cc1noc(N2C=COC2c2ccc(-c3ccccc3)c(-c3cocn3)c2)c1C. The number of ether oxygens (including phenoxy) is 1. The van der Waals surface area contributed by atoms with Gasteiger partial charge in [-0.1, -0.05) is 47.6 Å². The molecule has 1 atom stereocenters. The van der Waals surface area contributed by atoms with Crippen LogP contribution in [0.2, 0.25) is 0 Å². The number of nitrogens with zero attached hydrogens (tertiary/aromatic N) is 3. The van der Waals surface area contributed by atoms with Gasteiger partial charge < -0.3 is 13.7 Å². The summed E-state index contributed by atoms with van der Waals surface area (Å²) < 4.78 is 16.7. The maximum atomic E-state index is 5.90. The summed E-state index contributed by atoms with van der Waals surface area (Å²) in [5.74, 6) is 0.677. The molecule has 0 amide bonds. The number of anilines is 1. The monoisotopic (exact) mass is 385 g/mol. The van der Waals surface area contributed by atoms with Crippen molar-refractivity contribution in [1.82, 2.24) is 10.1 Å². The molecule has 0 spiro atoms. The van der Waals surface area contributed by atoms with Gasteiger partial charge in [-0.3, -0.25) is 4.90 Å². The smallest absolute Gasteiger partial charge is 0.237 e. The molecule has 0 N–H and O–H groups in total. The van der Waals surface area contributed by atoms with Gasteiger partial charge in [0.25, 0.3) is 0 Å². The van der Waals surface area contributed by atoms with Crippen molar-refractivity contribution >= 4 is 5.88 Å². The zero-order valence-corrected chi connectivity index (χ0v) is 16.1. The van der Waals surface area contributed by atoms with E-state index in [1.807, 2.05) is 43.1 Å². The van der Waals surface area contributed by atoms with Crippen molar-refractivity contribution in [3.8, 4) is 22.4 Å². The first-order valence-corrected chi connectivity index (χ1v) is 9.33. The minimum atomic E-state index is -0.350. The number of aromatic nitrogens is 2. The van der Waals surface area contributed by atoms with Gasteiger partial charge in [0, 0.05) is 22.9 Å². The first-order valence-electron chi connectivity index (χ1n) is 9.33. The van der Waals surface area contributed by atoms with Crippen LogP contribution in [0.3, 0.4) is 0 Å². The molecule has 144 valence electrons. The summed E-state index contributed by atoms with van der Waals surface area (Å²) in [5.41, 5.74) is 6.76. The number of hydrogen-bond acceptors (Lipinski definition) is 6. The van der Waals surface area contributed by atoms with Crippen molar-refractivity contribution in [3.63, 3.8) is 0 Å². The van der Waals surface area contributed by atoms with E-state index in [9.17, 15) is 0 Å². The van der Waals surface area contributed by atoms with Crippen LogP contribution in [-0.2, 0) is 4.74 Å². The molecule has 0 saturated carbocycles. The zero-order valence-electron chi connectivity index (χ0n) is 16.1. The maximum absolute atomic E-state index is 5.90. The average Bonchev–Trinajstić information content (AvgIpc) is 3.51. The molecule has 3 heterocycles. The Morgan fingerprint density at radius 1 is 1.00 bits per heavy atom. The van der Waals surface area contributed by atoms with Crippen LogP contribution in [0.25, 0.3) is 22.4 Å². The van der Waals surface area contributed by atoms with Crippen LogP contribution >= 0.6 is 0 Å². The molecule has 0 saturated heterocycles. The second-order valence-corrected chi connectivity index (χ2v) is 6.92. The Balaban J connectivity index is 1.60. The van der Waals surface area contributed by atoms with Gasteiger partial charge in [0.2, 0.25) is 12.1 Å². The molecule has 29 heavy (non-hydrogen) atoms. The fraction of sp³-hybridized carbons (Fsp3) is 0.130. The summed E-state index contributed by atoms with van der Waals surface area (Å²) in [4.78, 5) is 6.31. The van der Waals surface area contributed by atoms with Crippen LogP contribution < -0.4 is 4.90 Å². The first-order chi connectivity index (χ1) is 14.2. The highest BCUT2D eigenvalue weighted by Crippen LogP contribution is 2.39. The van der Waals surface area contributed by atoms with E-state index < -0.39 is 0 Å². The molecule has 0 fully saturated rings. The van der Waals surface area contributed by atoms with E-state index in [1.165, 1.54) is 6.39 Å². The Morgan fingerprint density at radius 3 is 2.59 bits per heavy atom. The van der Waals surface area contributed by atoms with Crippen molar-refractivity contribution < 1.29 is 13.7 Å². The van der Waals surface area contributed by atoms with E-state index in [2.05, 4.69) is 40.5 Å². The molecule has 5 rings (SSSR count). The lowest BCUT2D eigenvalue weighted by Crippen LogP contribution is -2.20. The molecule has 2 aromatic heterocycles. The van der Waals surface area contributed by atoms with Crippen molar-refractivity contribution in [2.45, 2.75) is 20.1 Å². The van der Waals surface area contributed by atoms with Gasteiger partial charge in [-0.15, -0.1) is 0 Å². The molecule has 0 bridgehead atoms. The minimum absolute atomic E-state index is 0.350. The van der Waals surface area contributed by atoms with Gasteiger partial charge in [0.1, 0.15) is 18.2 Å². The van der Waals surface area contributed by atoms with Gasteiger partial charge in [-0.25, -0.2) is 4.98 Å². The number of oxazole rings is 1. The van der Waals surface area contributed by atoms with Crippen LogP contribution in [0.1, 0.15) is 23.0 Å². The summed E-state index contributed by atoms with van der Waals surface area (Å²) in [6.07, 6.45) is 6.27. The molecule has 0 aliphatic carbocycles. The summed E-state index contributed by atoms with van der Waals surface area (Å²) in [6, 6.07) is 16.5. The average molecular weight is 385 g/mol. The van der Waals surface area contributed by atoms with Crippen LogP contribution in [0.5, 0.6) is 0 Å². The van der Waals surface area contributed by atoms with Crippen LogP contribution in [-0.4, -0.2) is 10.1 Å². The number of rotatable bonds is 4. The number of aryl methyl sites for hydroxylation is 1. The van der Waals surface area contributed by atoms with Crippen LogP contribution in [0.15, 0.2) is 82.6 Å². The molecule has 1 aliphatic heterocycles. The Bertz CT molecular complexity index is 1160. The quantitative estimate of drug-likeness (QED) is 0.454. The van der Waals surface area contributed by atoms with Crippen molar-refractivity contribution in [1.29, 1.82) is 0 Å². The molecule has 4 aromatic rings. The maximum Gasteiger partial charge on any atom is 0.237 e. The summed E-state index contributed by atoms with van der Waals surface area (Å²) in [7, 11) is 0. The second kappa shape index (κ2) is 6.98. The second-order valence-electron chi connectivity index (χ2n) is 6.92. The highest BCUT2D eigenvalue weighted by Gasteiger charge is 2.29. The van der Waals surface area contributed by atoms with Gasteiger partial charge in [0.05, 0.1) is 5.69 Å². The Labute approximate surface area is 168 Å². The topological polar surface area (TPSA) is 64.5 Å². The lowest BCUT2D eigenvalue weighted by Gasteiger charge is -2.23. The predicted molar refractivity (Wildman–Crippen MR) is 109 cm³/mol. The standard InChI is InChI=1S/C23H19N3O3/c1-15-16(2)25-29-22(15)26-10-11-28-23(26)18-8-9-19(17-6-4-3-5-7-17)20(12-18)21-13-27-14-24-21/h3-14,23H,1-2H3. The predicted octanol–water partition coefficient (Wildman–Crippen LogP) is 5.62. The third-order valence-corrected chi connectivity index (χ3v) is 5.17. The Kier molecular flexibility index (Phi) is 4.17. The van der Waals surface area contributed by atoms with Crippen LogP contribution in [0.4, 0.5) is 5.88 Å². The highest BCUT2D eigenvalue weighted by molar-refractivity contribution is 5.82. The molecule has 1 aliphatic rings. The molecule has 0 radical (unpaired) electrons. The summed E-state index contributed by atoms with van der Waals surface area (Å²) >= 11 is 0. The lowest BCUT2D eigenvalue weighted by molar-refractivity contribution is 0.169. The zero-order chi connectivity index (χ0) is 19.8. The van der Waals surface area contributed by atoms with E-state index in [4.69, 9.17) is 13.7 Å². The minimum Gasteiger partial charge on any atom is -0.472 e. The van der Waals surface area contributed by atoms with Crippen LogP contribution in [0, 0.1) is 13.8 Å². The van der Waals surface area contributed by atoms with Crippen molar-refractivity contribution in [2.75, 3.05) is 4.90 Å². The van der Waals surface area contributed by atoms with Gasteiger partial charge in [-0.05, 0) is 31.0 Å². The molecule has 2 aromatic carbocycles. The fourth-order valence-electron chi connectivity index (χ4n) is 3.52. The fourth-order valence-corrected chi connectivity index (χ4v) is 3.52. The summed E-state index contributed by atoms with van der Waals surface area (Å²) in [5, 5.41) is 4.07. The van der Waals surface area contributed by atoms with E-state index in [-0.39, 0.29) is 6.23 Å². The molecule has 6 nitrogen and oxygen atoms in total. The van der Waals surface area contributed by atoms with Crippen molar-refractivity contribution in [2.24, 2.45) is 0 Å². The van der Waals surface area contributed by atoms with E-state index in [1.54, 1.807) is 12.5 Å². The van der Waals surface area contributed by atoms with Crippen molar-refractivity contribution in [3.05, 3.63) is 90.5 Å². The van der Waals surface area contributed by atoms with Gasteiger partial charge >= 0.3 is 0 Å². The van der Waals surface area contributed by atoms with Gasteiger partial charge in [-0.2, -0.15) is 0 Å². The number of benzene rings is 2. The van der Waals surface area contributed by atoms with E-state index in [0.29, 0.717) is 5.88 Å². The number of hydrogen-bond donors (Lipinski definition) is 0. The molecular weight excluding hydrogens is 366 g/mol. The highest BCUT2D eigenvalue weighted by atomic mass is 16.5. The normalized spacial score (nSPS) is 15.7. The Morgan fingerprint density at radius 2 is 1.86 bits per heavy atom. The molecule has 6 heteroatoms. The lowest BCUT2D eigenvalue weighted by atomic mass is 9.95. The third-order valence-electron chi connectivity index (χ3n) is 5.17. The molecular formula is C23H19N3O3. The third kappa shape index (κ3) is 2.99.